The molecule has 0 bridgehead atoms. The molecule has 2 fully saturated rings. The van der Waals surface area contributed by atoms with Crippen LogP contribution in [0, 0.1) is 0 Å². The number of nitrogens with two attached hydrogens (primary N) is 1. The molecular formula is C13H28N4O2S. The second-order valence-corrected chi connectivity index (χ2v) is 7.68. The van der Waals surface area contributed by atoms with Crippen LogP contribution in [0.25, 0.3) is 0 Å². The van der Waals surface area contributed by atoms with Gasteiger partial charge in [-0.05, 0) is 45.7 Å². The molecule has 0 spiro atoms. The molecule has 2 aliphatic heterocycles. The number of nitrogens with one attached hydrogen (secondary N) is 1. The Morgan fingerprint density at radius 2 is 1.85 bits per heavy atom. The Balaban J connectivity index is 1.91. The third-order valence-corrected chi connectivity index (χ3v) is 6.03. The molecule has 0 aromatic heterocycles. The van der Waals surface area contributed by atoms with Gasteiger partial charge in [0.2, 0.25) is 0 Å². The van der Waals surface area contributed by atoms with Gasteiger partial charge in [-0.3, -0.25) is 0 Å². The predicted molar refractivity (Wildman–Crippen MR) is 80.6 cm³/mol. The Bertz CT molecular complexity index is 395. The van der Waals surface area contributed by atoms with E-state index in [9.17, 15) is 8.42 Å². The molecule has 0 saturated carbocycles. The minimum absolute atomic E-state index is 0.0414. The first-order valence-electron chi connectivity index (χ1n) is 7.74. The molecule has 0 aromatic carbocycles. The summed E-state index contributed by atoms with van der Waals surface area (Å²) in [6.45, 7) is 5.90. The number of likely N-dealkylation sites (tertiary alicyclic amines) is 1. The molecule has 118 valence electrons. The fourth-order valence-electron chi connectivity index (χ4n) is 3.24. The normalized spacial score (nSPS) is 27.8. The van der Waals surface area contributed by atoms with Gasteiger partial charge in [0.25, 0.3) is 10.2 Å². The Hall–Kier alpha value is -0.210. The highest BCUT2D eigenvalue weighted by molar-refractivity contribution is 7.87. The number of hydrogen-bond donors (Lipinski definition) is 2. The SMILES string of the molecule is CC(CN1CCCC1)NS(=O)(=O)N1CCCCC1CN. The Labute approximate surface area is 122 Å². The lowest BCUT2D eigenvalue weighted by Crippen LogP contribution is -2.54. The summed E-state index contributed by atoms with van der Waals surface area (Å²) < 4.78 is 29.3. The van der Waals surface area contributed by atoms with Crippen LogP contribution < -0.4 is 10.5 Å². The Morgan fingerprint density at radius 3 is 2.50 bits per heavy atom. The third-order valence-electron chi connectivity index (χ3n) is 4.23. The molecule has 2 atom stereocenters. The van der Waals surface area contributed by atoms with Gasteiger partial charge in [0.05, 0.1) is 0 Å². The fourth-order valence-corrected chi connectivity index (χ4v) is 4.91. The van der Waals surface area contributed by atoms with Crippen molar-refractivity contribution in [3.05, 3.63) is 0 Å². The summed E-state index contributed by atoms with van der Waals surface area (Å²) in [4.78, 5) is 2.32. The Morgan fingerprint density at radius 1 is 1.20 bits per heavy atom. The third kappa shape index (κ3) is 4.14. The van der Waals surface area contributed by atoms with E-state index in [4.69, 9.17) is 5.73 Å². The van der Waals surface area contributed by atoms with Gasteiger partial charge in [0, 0.05) is 31.7 Å². The van der Waals surface area contributed by atoms with Gasteiger partial charge in [-0.25, -0.2) is 0 Å². The van der Waals surface area contributed by atoms with E-state index < -0.39 is 10.2 Å². The first kappa shape index (κ1) is 16.2. The van der Waals surface area contributed by atoms with E-state index in [1.807, 2.05) is 6.92 Å². The molecule has 2 aliphatic rings. The van der Waals surface area contributed by atoms with Crippen LogP contribution in [0.3, 0.4) is 0 Å². The number of nitrogens with zero attached hydrogens (tertiary/aromatic N) is 2. The summed E-state index contributed by atoms with van der Waals surface area (Å²) in [5, 5.41) is 0. The van der Waals surface area contributed by atoms with Crippen LogP contribution in [0.5, 0.6) is 0 Å². The first-order valence-corrected chi connectivity index (χ1v) is 9.18. The zero-order chi connectivity index (χ0) is 14.6. The van der Waals surface area contributed by atoms with Crippen molar-refractivity contribution < 1.29 is 8.42 Å². The molecule has 6 nitrogen and oxygen atoms in total. The van der Waals surface area contributed by atoms with Crippen molar-refractivity contribution in [2.24, 2.45) is 5.73 Å². The lowest BCUT2D eigenvalue weighted by atomic mass is 10.1. The quantitative estimate of drug-likeness (QED) is 0.730. The fraction of sp³-hybridized carbons (Fsp3) is 1.00. The van der Waals surface area contributed by atoms with Gasteiger partial charge < -0.3 is 10.6 Å². The van der Waals surface area contributed by atoms with Gasteiger partial charge in [-0.2, -0.15) is 17.4 Å². The van der Waals surface area contributed by atoms with Crippen molar-refractivity contribution in [2.45, 2.75) is 51.1 Å². The molecule has 7 heteroatoms. The highest BCUT2D eigenvalue weighted by Gasteiger charge is 2.32. The summed E-state index contributed by atoms with van der Waals surface area (Å²) in [5.74, 6) is 0. The van der Waals surface area contributed by atoms with E-state index in [1.165, 1.54) is 12.8 Å². The minimum Gasteiger partial charge on any atom is -0.329 e. The van der Waals surface area contributed by atoms with Crippen LogP contribution in [-0.4, -0.2) is 62.4 Å². The van der Waals surface area contributed by atoms with Crippen LogP contribution in [-0.2, 0) is 10.2 Å². The van der Waals surface area contributed by atoms with Crippen LogP contribution in [0.4, 0.5) is 0 Å². The molecular weight excluding hydrogens is 276 g/mol. The summed E-state index contributed by atoms with van der Waals surface area (Å²) in [6.07, 6.45) is 5.31. The highest BCUT2D eigenvalue weighted by atomic mass is 32.2. The van der Waals surface area contributed by atoms with Gasteiger partial charge >= 0.3 is 0 Å². The maximum Gasteiger partial charge on any atom is 0.280 e. The molecule has 0 aliphatic carbocycles. The van der Waals surface area contributed by atoms with Crippen molar-refractivity contribution in [3.63, 3.8) is 0 Å². The topological polar surface area (TPSA) is 78.7 Å². The molecule has 0 aromatic rings. The van der Waals surface area contributed by atoms with Crippen LogP contribution in [0.2, 0.25) is 0 Å². The van der Waals surface area contributed by atoms with Gasteiger partial charge in [-0.1, -0.05) is 6.42 Å². The molecule has 2 heterocycles. The average molecular weight is 304 g/mol. The van der Waals surface area contributed by atoms with E-state index >= 15 is 0 Å². The standard InChI is InChI=1S/C13H28N4O2S/c1-12(11-16-7-4-5-8-16)15-20(18,19)17-9-3-2-6-13(17)10-14/h12-13,15H,2-11,14H2,1H3. The lowest BCUT2D eigenvalue weighted by molar-refractivity contribution is 0.249. The number of hydrogen-bond acceptors (Lipinski definition) is 4. The molecule has 2 rings (SSSR count). The van der Waals surface area contributed by atoms with Crippen LogP contribution in [0.1, 0.15) is 39.0 Å². The smallest absolute Gasteiger partial charge is 0.280 e. The van der Waals surface area contributed by atoms with Gasteiger partial charge in [0.15, 0.2) is 0 Å². The van der Waals surface area contributed by atoms with Gasteiger partial charge in [-0.15, -0.1) is 0 Å². The van der Waals surface area contributed by atoms with Gasteiger partial charge in [0.1, 0.15) is 0 Å². The van der Waals surface area contributed by atoms with Crippen molar-refractivity contribution in [1.29, 1.82) is 0 Å². The van der Waals surface area contributed by atoms with Crippen LogP contribution in [0.15, 0.2) is 0 Å². The second kappa shape index (κ2) is 7.17. The summed E-state index contributed by atoms with van der Waals surface area (Å²) in [6, 6.07) is -0.0984. The van der Waals surface area contributed by atoms with E-state index in [2.05, 4.69) is 9.62 Å². The van der Waals surface area contributed by atoms with Crippen molar-refractivity contribution >= 4 is 10.2 Å². The zero-order valence-electron chi connectivity index (χ0n) is 12.4. The molecule has 2 unspecified atom stereocenters. The zero-order valence-corrected chi connectivity index (χ0v) is 13.2. The highest BCUT2D eigenvalue weighted by Crippen LogP contribution is 2.19. The van der Waals surface area contributed by atoms with Crippen molar-refractivity contribution in [1.82, 2.24) is 13.9 Å². The van der Waals surface area contributed by atoms with E-state index in [0.717, 1.165) is 38.9 Å². The number of piperidine rings is 1. The first-order chi connectivity index (χ1) is 9.53. The van der Waals surface area contributed by atoms with Crippen LogP contribution >= 0.6 is 0 Å². The summed E-state index contributed by atoms with van der Waals surface area (Å²) in [5.41, 5.74) is 5.71. The van der Waals surface area contributed by atoms with Crippen molar-refractivity contribution in [3.8, 4) is 0 Å². The predicted octanol–water partition coefficient (Wildman–Crippen LogP) is 0.118. The average Bonchev–Trinajstić information content (AvgIpc) is 2.90. The molecule has 0 radical (unpaired) electrons. The largest absolute Gasteiger partial charge is 0.329 e. The van der Waals surface area contributed by atoms with E-state index in [-0.39, 0.29) is 12.1 Å². The summed E-state index contributed by atoms with van der Waals surface area (Å²) >= 11 is 0. The lowest BCUT2D eigenvalue weighted by Gasteiger charge is -2.35. The minimum atomic E-state index is -3.41. The Kier molecular flexibility index (Phi) is 5.80. The maximum absolute atomic E-state index is 12.5. The van der Waals surface area contributed by atoms with E-state index in [1.54, 1.807) is 4.31 Å². The summed E-state index contributed by atoms with van der Waals surface area (Å²) in [7, 11) is -3.41. The second-order valence-electron chi connectivity index (χ2n) is 6.03. The molecule has 20 heavy (non-hydrogen) atoms. The van der Waals surface area contributed by atoms with Crippen molar-refractivity contribution in [2.75, 3.05) is 32.7 Å². The molecule has 2 saturated heterocycles. The van der Waals surface area contributed by atoms with E-state index in [0.29, 0.717) is 13.1 Å². The maximum atomic E-state index is 12.5. The molecule has 0 amide bonds. The number of rotatable bonds is 6. The monoisotopic (exact) mass is 304 g/mol. The molecule has 3 N–H and O–H groups in total.